The molecule has 14 heteroatoms. The number of esters is 1. The summed E-state index contributed by atoms with van der Waals surface area (Å²) in [4.78, 5) is 33.6. The minimum Gasteiger partial charge on any atom is -0.456 e. The number of ether oxygens (including phenoxy) is 1. The van der Waals surface area contributed by atoms with Crippen LogP contribution in [0.15, 0.2) is 41.3 Å². The number of nitro benzene ring substituents is 1. The van der Waals surface area contributed by atoms with Gasteiger partial charge in [-0.3, -0.25) is 19.7 Å². The first-order valence-electron chi connectivity index (χ1n) is 9.59. The molecule has 0 unspecified atom stereocenters. The Morgan fingerprint density at radius 2 is 1.76 bits per heavy atom. The summed E-state index contributed by atoms with van der Waals surface area (Å²) in [6.45, 7) is 2.07. The van der Waals surface area contributed by atoms with E-state index in [1.165, 1.54) is 12.1 Å². The van der Waals surface area contributed by atoms with Crippen molar-refractivity contribution in [3.8, 4) is 0 Å². The van der Waals surface area contributed by atoms with Crippen LogP contribution < -0.4 is 10.0 Å². The molecule has 2 aromatic carbocycles. The summed E-state index contributed by atoms with van der Waals surface area (Å²) in [5.74, 6) is -1.83. The van der Waals surface area contributed by atoms with Gasteiger partial charge in [0.05, 0.1) is 21.8 Å². The molecule has 0 atom stereocenters. The van der Waals surface area contributed by atoms with Crippen molar-refractivity contribution in [2.75, 3.05) is 18.5 Å². The first-order valence-corrected chi connectivity index (χ1v) is 11.1. The molecule has 34 heavy (non-hydrogen) atoms. The predicted octanol–water partition coefficient (Wildman–Crippen LogP) is 3.08. The van der Waals surface area contributed by atoms with Crippen molar-refractivity contribution >= 4 is 33.3 Å². The maximum atomic E-state index is 12.8. The summed E-state index contributed by atoms with van der Waals surface area (Å²) in [5, 5.41) is 13.4. The molecule has 0 radical (unpaired) electrons. The molecule has 1 amide bonds. The molecule has 0 aliphatic carbocycles. The Bertz CT molecular complexity index is 1210. The van der Waals surface area contributed by atoms with Crippen LogP contribution in [0.4, 0.5) is 24.5 Å². The van der Waals surface area contributed by atoms with Gasteiger partial charge in [-0.25, -0.2) is 13.1 Å². The van der Waals surface area contributed by atoms with Crippen LogP contribution in [0.2, 0.25) is 0 Å². The van der Waals surface area contributed by atoms with E-state index in [9.17, 15) is 41.3 Å². The van der Waals surface area contributed by atoms with Gasteiger partial charge in [-0.1, -0.05) is 6.07 Å². The molecule has 2 rings (SSSR count). The zero-order chi connectivity index (χ0) is 25.7. The van der Waals surface area contributed by atoms with Crippen molar-refractivity contribution in [2.24, 2.45) is 0 Å². The number of nitro groups is 1. The molecule has 0 fully saturated rings. The minimum absolute atomic E-state index is 0.0806. The average Bonchev–Trinajstić information content (AvgIpc) is 2.74. The van der Waals surface area contributed by atoms with E-state index in [-0.39, 0.29) is 11.4 Å². The quantitative estimate of drug-likeness (QED) is 0.304. The van der Waals surface area contributed by atoms with E-state index in [1.54, 1.807) is 13.8 Å². The van der Waals surface area contributed by atoms with E-state index < -0.39 is 63.0 Å². The fourth-order valence-electron chi connectivity index (χ4n) is 2.67. The fraction of sp³-hybridized carbons (Fsp3) is 0.300. The Labute approximate surface area is 192 Å². The van der Waals surface area contributed by atoms with Crippen LogP contribution in [0, 0.1) is 24.0 Å². The van der Waals surface area contributed by atoms with Gasteiger partial charge >= 0.3 is 12.1 Å². The first-order chi connectivity index (χ1) is 15.7. The maximum absolute atomic E-state index is 12.8. The molecular formula is C20H20F3N3O7S. The van der Waals surface area contributed by atoms with Gasteiger partial charge in [-0.05, 0) is 49.2 Å². The summed E-state index contributed by atoms with van der Waals surface area (Å²) in [5.41, 5.74) is -0.241. The number of aryl methyl sites for hydroxylation is 2. The average molecular weight is 503 g/mol. The Morgan fingerprint density at radius 1 is 1.12 bits per heavy atom. The van der Waals surface area contributed by atoms with Gasteiger partial charge in [-0.2, -0.15) is 13.2 Å². The normalized spacial score (nSPS) is 11.7. The molecule has 0 heterocycles. The number of anilines is 1. The summed E-state index contributed by atoms with van der Waals surface area (Å²) in [6.07, 6.45) is -5.25. The van der Waals surface area contributed by atoms with Crippen LogP contribution in [-0.2, 0) is 30.5 Å². The lowest BCUT2D eigenvalue weighted by atomic mass is 10.1. The van der Waals surface area contributed by atoms with Crippen LogP contribution in [-0.4, -0.2) is 38.4 Å². The number of hydrogen-bond donors (Lipinski definition) is 2. The number of benzene rings is 2. The Hall–Kier alpha value is -3.52. The smallest absolute Gasteiger partial charge is 0.416 e. The number of nitrogens with zero attached hydrogens (tertiary/aromatic N) is 1. The first kappa shape index (κ1) is 26.7. The van der Waals surface area contributed by atoms with Crippen molar-refractivity contribution in [3.05, 3.63) is 63.2 Å². The number of carbonyl (C=O) groups excluding carboxylic acids is 2. The van der Waals surface area contributed by atoms with Crippen LogP contribution in [0.1, 0.15) is 23.1 Å². The number of sulfonamides is 1. The van der Waals surface area contributed by atoms with Gasteiger partial charge in [0, 0.05) is 12.6 Å². The highest BCUT2D eigenvalue weighted by atomic mass is 32.2. The zero-order valence-corrected chi connectivity index (χ0v) is 18.7. The number of halogens is 3. The highest BCUT2D eigenvalue weighted by Gasteiger charge is 2.31. The number of alkyl halides is 3. The van der Waals surface area contributed by atoms with Gasteiger partial charge < -0.3 is 10.1 Å². The standard InChI is InChI=1S/C20H20F3N3O7S/c1-12-8-16(17(26(29)30)9-13(12)2)25-18(27)11-33-19(28)6-7-24-34(31,32)15-5-3-4-14(10-15)20(21,22)23/h3-5,8-10,24H,6-7,11H2,1-2H3,(H,25,27). The van der Waals surface area contributed by atoms with Crippen molar-refractivity contribution in [2.45, 2.75) is 31.3 Å². The Morgan fingerprint density at radius 3 is 2.38 bits per heavy atom. The Balaban J connectivity index is 1.88. The lowest BCUT2D eigenvalue weighted by Gasteiger charge is -2.11. The van der Waals surface area contributed by atoms with Crippen LogP contribution in [0.25, 0.3) is 0 Å². The number of rotatable bonds is 9. The fourth-order valence-corrected chi connectivity index (χ4v) is 3.74. The van der Waals surface area contributed by atoms with Crippen LogP contribution in [0.5, 0.6) is 0 Å². The second kappa shape index (κ2) is 10.6. The monoisotopic (exact) mass is 503 g/mol. The second-order valence-corrected chi connectivity index (χ2v) is 8.86. The molecule has 0 aliphatic rings. The molecule has 10 nitrogen and oxygen atoms in total. The lowest BCUT2D eigenvalue weighted by Crippen LogP contribution is -2.28. The largest absolute Gasteiger partial charge is 0.456 e. The zero-order valence-electron chi connectivity index (χ0n) is 17.9. The summed E-state index contributed by atoms with van der Waals surface area (Å²) in [7, 11) is -4.33. The predicted molar refractivity (Wildman–Crippen MR) is 113 cm³/mol. The number of carbonyl (C=O) groups is 2. The third-order valence-electron chi connectivity index (χ3n) is 4.54. The van der Waals surface area contributed by atoms with Crippen LogP contribution >= 0.6 is 0 Å². The van der Waals surface area contributed by atoms with E-state index in [2.05, 4.69) is 5.32 Å². The van der Waals surface area contributed by atoms with E-state index in [4.69, 9.17) is 4.74 Å². The van der Waals surface area contributed by atoms with Gasteiger partial charge in [0.25, 0.3) is 11.6 Å². The second-order valence-electron chi connectivity index (χ2n) is 7.09. The molecule has 0 aliphatic heterocycles. The summed E-state index contributed by atoms with van der Waals surface area (Å²) < 4.78 is 69.3. The minimum atomic E-state index is -4.73. The highest BCUT2D eigenvalue weighted by Crippen LogP contribution is 2.30. The van der Waals surface area contributed by atoms with Gasteiger partial charge in [-0.15, -0.1) is 0 Å². The maximum Gasteiger partial charge on any atom is 0.416 e. The molecule has 0 spiro atoms. The molecule has 184 valence electrons. The highest BCUT2D eigenvalue weighted by molar-refractivity contribution is 7.89. The topological polar surface area (TPSA) is 145 Å². The van der Waals surface area contributed by atoms with Crippen molar-refractivity contribution in [1.29, 1.82) is 0 Å². The van der Waals surface area contributed by atoms with Gasteiger partial charge in [0.15, 0.2) is 6.61 Å². The van der Waals surface area contributed by atoms with E-state index in [1.807, 2.05) is 4.72 Å². The van der Waals surface area contributed by atoms with E-state index >= 15 is 0 Å². The SMILES string of the molecule is Cc1cc(NC(=O)COC(=O)CCNS(=O)(=O)c2cccc(C(F)(F)F)c2)c([N+](=O)[O-])cc1C. The Kier molecular flexibility index (Phi) is 8.34. The molecule has 2 aromatic rings. The summed E-state index contributed by atoms with van der Waals surface area (Å²) in [6, 6.07) is 5.75. The lowest BCUT2D eigenvalue weighted by molar-refractivity contribution is -0.384. The molecular weight excluding hydrogens is 483 g/mol. The number of amides is 1. The van der Waals surface area contributed by atoms with Gasteiger partial charge in [0.1, 0.15) is 5.69 Å². The van der Waals surface area contributed by atoms with Crippen molar-refractivity contribution in [1.82, 2.24) is 4.72 Å². The molecule has 0 aromatic heterocycles. The molecule has 0 saturated carbocycles. The number of hydrogen-bond acceptors (Lipinski definition) is 7. The summed E-state index contributed by atoms with van der Waals surface area (Å²) >= 11 is 0. The molecule has 2 N–H and O–H groups in total. The van der Waals surface area contributed by atoms with E-state index in [0.717, 1.165) is 12.1 Å². The molecule has 0 saturated heterocycles. The van der Waals surface area contributed by atoms with Crippen molar-refractivity contribution in [3.63, 3.8) is 0 Å². The third kappa shape index (κ3) is 7.25. The molecule has 0 bridgehead atoms. The van der Waals surface area contributed by atoms with E-state index in [0.29, 0.717) is 23.3 Å². The third-order valence-corrected chi connectivity index (χ3v) is 6.00. The van der Waals surface area contributed by atoms with Crippen LogP contribution in [0.3, 0.4) is 0 Å². The van der Waals surface area contributed by atoms with Crippen molar-refractivity contribution < 1.29 is 40.8 Å². The number of nitrogens with one attached hydrogen (secondary N) is 2. The van der Waals surface area contributed by atoms with Gasteiger partial charge in [0.2, 0.25) is 10.0 Å².